The smallest absolute Gasteiger partial charge is 0.0320 e. The van der Waals surface area contributed by atoms with E-state index in [1.54, 1.807) is 0 Å². The zero-order valence-corrected chi connectivity index (χ0v) is 10.6. The van der Waals surface area contributed by atoms with Crippen molar-refractivity contribution in [1.29, 1.82) is 0 Å². The molecule has 0 amide bonds. The SMILES string of the molecule is Nc1cccc(Cc2cccc3ccc(N)cc23)c1. The van der Waals surface area contributed by atoms with Crippen LogP contribution in [0.1, 0.15) is 11.1 Å². The topological polar surface area (TPSA) is 52.0 Å². The summed E-state index contributed by atoms with van der Waals surface area (Å²) in [6.07, 6.45) is 0.867. The maximum absolute atomic E-state index is 5.89. The third-order valence-corrected chi connectivity index (χ3v) is 3.34. The molecule has 3 rings (SSSR count). The van der Waals surface area contributed by atoms with Crippen LogP contribution in [0.25, 0.3) is 10.8 Å². The van der Waals surface area contributed by atoms with Gasteiger partial charge >= 0.3 is 0 Å². The molecule has 2 heteroatoms. The molecule has 0 bridgehead atoms. The summed E-state index contributed by atoms with van der Waals surface area (Å²) in [5.74, 6) is 0. The second-order valence-electron chi connectivity index (χ2n) is 4.82. The average molecular weight is 248 g/mol. The van der Waals surface area contributed by atoms with E-state index in [1.807, 2.05) is 30.3 Å². The fourth-order valence-electron chi connectivity index (χ4n) is 2.43. The van der Waals surface area contributed by atoms with Crippen molar-refractivity contribution in [2.24, 2.45) is 0 Å². The normalized spacial score (nSPS) is 10.7. The number of benzene rings is 3. The molecule has 4 N–H and O–H groups in total. The molecule has 0 radical (unpaired) electrons. The van der Waals surface area contributed by atoms with Crippen molar-refractivity contribution >= 4 is 22.1 Å². The summed E-state index contributed by atoms with van der Waals surface area (Å²) in [4.78, 5) is 0. The predicted octanol–water partition coefficient (Wildman–Crippen LogP) is 3.60. The number of anilines is 2. The Morgan fingerprint density at radius 2 is 1.53 bits per heavy atom. The van der Waals surface area contributed by atoms with Gasteiger partial charge in [-0.25, -0.2) is 0 Å². The summed E-state index contributed by atoms with van der Waals surface area (Å²) < 4.78 is 0. The Balaban J connectivity index is 2.07. The zero-order valence-electron chi connectivity index (χ0n) is 10.6. The van der Waals surface area contributed by atoms with Gasteiger partial charge in [0.1, 0.15) is 0 Å². The van der Waals surface area contributed by atoms with Crippen molar-refractivity contribution in [1.82, 2.24) is 0 Å². The molecule has 3 aromatic rings. The van der Waals surface area contributed by atoms with Gasteiger partial charge in [0.05, 0.1) is 0 Å². The number of hydrogen-bond donors (Lipinski definition) is 2. The van der Waals surface area contributed by atoms with Crippen molar-refractivity contribution in [3.05, 3.63) is 71.8 Å². The molecule has 0 heterocycles. The second kappa shape index (κ2) is 4.65. The van der Waals surface area contributed by atoms with E-state index in [0.717, 1.165) is 17.8 Å². The van der Waals surface area contributed by atoms with E-state index < -0.39 is 0 Å². The molecule has 0 saturated heterocycles. The molecule has 0 aromatic heterocycles. The molecule has 0 aliphatic rings. The highest BCUT2D eigenvalue weighted by molar-refractivity contribution is 5.88. The van der Waals surface area contributed by atoms with Gasteiger partial charge in [0.15, 0.2) is 0 Å². The van der Waals surface area contributed by atoms with Gasteiger partial charge in [-0.1, -0.05) is 36.4 Å². The summed E-state index contributed by atoms with van der Waals surface area (Å²) in [6.45, 7) is 0. The minimum Gasteiger partial charge on any atom is -0.399 e. The first-order valence-electron chi connectivity index (χ1n) is 6.34. The van der Waals surface area contributed by atoms with E-state index in [9.17, 15) is 0 Å². The lowest BCUT2D eigenvalue weighted by Gasteiger charge is -2.08. The van der Waals surface area contributed by atoms with Gasteiger partial charge in [-0.3, -0.25) is 0 Å². The maximum atomic E-state index is 5.89. The molecule has 3 aromatic carbocycles. The van der Waals surface area contributed by atoms with Gasteiger partial charge in [0.2, 0.25) is 0 Å². The van der Waals surface area contributed by atoms with Gasteiger partial charge < -0.3 is 11.5 Å². The molecular formula is C17H16N2. The third kappa shape index (κ3) is 2.38. The largest absolute Gasteiger partial charge is 0.399 e. The highest BCUT2D eigenvalue weighted by Crippen LogP contribution is 2.24. The van der Waals surface area contributed by atoms with Crippen molar-refractivity contribution in [2.45, 2.75) is 6.42 Å². The lowest BCUT2D eigenvalue weighted by atomic mass is 9.98. The predicted molar refractivity (Wildman–Crippen MR) is 82.0 cm³/mol. The van der Waals surface area contributed by atoms with Gasteiger partial charge in [0.25, 0.3) is 0 Å². The summed E-state index contributed by atoms with van der Waals surface area (Å²) in [5, 5.41) is 2.43. The van der Waals surface area contributed by atoms with Crippen LogP contribution in [0.3, 0.4) is 0 Å². The van der Waals surface area contributed by atoms with Crippen LogP contribution in [0.5, 0.6) is 0 Å². The summed E-state index contributed by atoms with van der Waals surface area (Å²) in [7, 11) is 0. The number of nitrogens with two attached hydrogens (primary N) is 2. The minimum absolute atomic E-state index is 0.799. The second-order valence-corrected chi connectivity index (χ2v) is 4.82. The van der Waals surface area contributed by atoms with Gasteiger partial charge in [0, 0.05) is 11.4 Å². The number of fused-ring (bicyclic) bond motifs is 1. The first kappa shape index (κ1) is 11.6. The van der Waals surface area contributed by atoms with Crippen LogP contribution >= 0.6 is 0 Å². The van der Waals surface area contributed by atoms with Crippen molar-refractivity contribution in [3.8, 4) is 0 Å². The van der Waals surface area contributed by atoms with Gasteiger partial charge in [-0.05, 0) is 52.6 Å². The summed E-state index contributed by atoms with van der Waals surface area (Å²) >= 11 is 0. The molecule has 94 valence electrons. The highest BCUT2D eigenvalue weighted by atomic mass is 14.5. The Morgan fingerprint density at radius 1 is 0.737 bits per heavy atom. The van der Waals surface area contributed by atoms with Crippen molar-refractivity contribution < 1.29 is 0 Å². The molecule has 0 fully saturated rings. The van der Waals surface area contributed by atoms with Crippen LogP contribution in [0.2, 0.25) is 0 Å². The van der Waals surface area contributed by atoms with Crippen LogP contribution < -0.4 is 11.5 Å². The molecule has 0 aliphatic heterocycles. The summed E-state index contributed by atoms with van der Waals surface area (Å²) in [6, 6.07) is 20.4. The average Bonchev–Trinajstić information content (AvgIpc) is 2.39. The Hall–Kier alpha value is -2.48. The Bertz CT molecular complexity index is 732. The third-order valence-electron chi connectivity index (χ3n) is 3.34. The van der Waals surface area contributed by atoms with Crippen LogP contribution in [0, 0.1) is 0 Å². The van der Waals surface area contributed by atoms with Crippen molar-refractivity contribution in [2.75, 3.05) is 11.5 Å². The van der Waals surface area contributed by atoms with Crippen LogP contribution in [-0.4, -0.2) is 0 Å². The maximum Gasteiger partial charge on any atom is 0.0320 e. The number of rotatable bonds is 2. The van der Waals surface area contributed by atoms with Crippen LogP contribution in [0.4, 0.5) is 11.4 Å². The molecule has 2 nitrogen and oxygen atoms in total. The van der Waals surface area contributed by atoms with E-state index >= 15 is 0 Å². The van der Waals surface area contributed by atoms with Gasteiger partial charge in [-0.15, -0.1) is 0 Å². The highest BCUT2D eigenvalue weighted by Gasteiger charge is 2.03. The Labute approximate surface area is 112 Å². The zero-order chi connectivity index (χ0) is 13.2. The molecule has 0 spiro atoms. The molecular weight excluding hydrogens is 232 g/mol. The molecule has 0 unspecified atom stereocenters. The first-order valence-corrected chi connectivity index (χ1v) is 6.34. The molecule has 0 saturated carbocycles. The molecule has 0 aliphatic carbocycles. The number of nitrogen functional groups attached to an aromatic ring is 2. The van der Waals surface area contributed by atoms with Crippen LogP contribution in [0.15, 0.2) is 60.7 Å². The van der Waals surface area contributed by atoms with Gasteiger partial charge in [-0.2, -0.15) is 0 Å². The van der Waals surface area contributed by atoms with E-state index in [2.05, 4.69) is 30.3 Å². The van der Waals surface area contributed by atoms with Crippen molar-refractivity contribution in [3.63, 3.8) is 0 Å². The summed E-state index contributed by atoms with van der Waals surface area (Å²) in [5.41, 5.74) is 15.8. The quantitative estimate of drug-likeness (QED) is 0.681. The molecule has 19 heavy (non-hydrogen) atoms. The lowest BCUT2D eigenvalue weighted by Crippen LogP contribution is -1.93. The number of hydrogen-bond acceptors (Lipinski definition) is 2. The standard InChI is InChI=1S/C17H16N2/c18-15-6-1-3-12(10-15)9-14-5-2-4-13-7-8-16(19)11-17(13)14/h1-8,10-11H,9,18-19H2. The first-order chi connectivity index (χ1) is 9.22. The minimum atomic E-state index is 0.799. The van der Waals surface area contributed by atoms with E-state index in [-0.39, 0.29) is 0 Å². The Morgan fingerprint density at radius 3 is 2.37 bits per heavy atom. The molecule has 0 atom stereocenters. The van der Waals surface area contributed by atoms with Crippen LogP contribution in [-0.2, 0) is 6.42 Å². The fourth-order valence-corrected chi connectivity index (χ4v) is 2.43. The lowest BCUT2D eigenvalue weighted by molar-refractivity contribution is 1.22. The van der Waals surface area contributed by atoms with E-state index in [0.29, 0.717) is 0 Å². The monoisotopic (exact) mass is 248 g/mol. The Kier molecular flexibility index (Phi) is 2.84. The van der Waals surface area contributed by atoms with E-state index in [1.165, 1.54) is 21.9 Å². The van der Waals surface area contributed by atoms with E-state index in [4.69, 9.17) is 11.5 Å². The fraction of sp³-hybridized carbons (Fsp3) is 0.0588.